The minimum atomic E-state index is -0.363. The fourth-order valence-corrected chi connectivity index (χ4v) is 3.04. The van der Waals surface area contributed by atoms with E-state index in [-0.39, 0.29) is 18.0 Å². The normalized spacial score (nSPS) is 18.8. The molecule has 1 fully saturated rings. The zero-order valence-electron chi connectivity index (χ0n) is 15.7. The van der Waals surface area contributed by atoms with E-state index in [1.54, 1.807) is 32.4 Å². The number of hydrogen-bond acceptors (Lipinski definition) is 6. The lowest BCUT2D eigenvalue weighted by molar-refractivity contribution is -0.117. The van der Waals surface area contributed by atoms with Crippen LogP contribution in [0, 0.1) is 0 Å². The predicted molar refractivity (Wildman–Crippen MR) is 103 cm³/mol. The molecule has 27 heavy (non-hydrogen) atoms. The van der Waals surface area contributed by atoms with Crippen LogP contribution in [0.3, 0.4) is 0 Å². The molecule has 0 bridgehead atoms. The quantitative estimate of drug-likeness (QED) is 0.694. The molecular weight excluding hydrogens is 346 g/mol. The molecule has 0 aromatic heterocycles. The van der Waals surface area contributed by atoms with Crippen LogP contribution in [0.25, 0.3) is 0 Å². The highest BCUT2D eigenvalue weighted by Gasteiger charge is 2.30. The summed E-state index contributed by atoms with van der Waals surface area (Å²) in [5.41, 5.74) is 7.92. The van der Waals surface area contributed by atoms with Gasteiger partial charge in [0.2, 0.25) is 5.91 Å². The van der Waals surface area contributed by atoms with Gasteiger partial charge >= 0.3 is 0 Å². The zero-order valence-corrected chi connectivity index (χ0v) is 15.7. The van der Waals surface area contributed by atoms with Crippen LogP contribution >= 0.6 is 0 Å². The average Bonchev–Trinajstić information content (AvgIpc) is 3.19. The molecule has 3 rings (SSSR count). The molecule has 1 saturated heterocycles. The molecule has 1 aliphatic heterocycles. The first-order chi connectivity index (χ1) is 13.1. The van der Waals surface area contributed by atoms with E-state index in [0.717, 1.165) is 11.3 Å². The Bertz CT molecular complexity index is 779. The Morgan fingerprint density at radius 3 is 2.48 bits per heavy atom. The molecule has 2 unspecified atom stereocenters. The molecule has 0 saturated carbocycles. The van der Waals surface area contributed by atoms with Crippen LogP contribution in [0.4, 0.5) is 5.69 Å². The molecule has 1 aliphatic rings. The summed E-state index contributed by atoms with van der Waals surface area (Å²) in [6.07, 6.45) is 0.631. The predicted octanol–water partition coefficient (Wildman–Crippen LogP) is 2.65. The van der Waals surface area contributed by atoms with Crippen LogP contribution in [0.1, 0.15) is 24.9 Å². The van der Waals surface area contributed by atoms with E-state index < -0.39 is 0 Å². The molecule has 2 aromatic carbocycles. The van der Waals surface area contributed by atoms with E-state index in [9.17, 15) is 4.79 Å². The number of carbonyl (C=O) groups excluding carboxylic acids is 1. The Balaban J connectivity index is 1.64. The van der Waals surface area contributed by atoms with Gasteiger partial charge in [-0.15, -0.1) is 0 Å². The lowest BCUT2D eigenvalue weighted by Crippen LogP contribution is -2.39. The fourth-order valence-electron chi connectivity index (χ4n) is 3.04. The SMILES string of the molecule is CCOc1ccc(C2CC(C(=O)Nc3cc(OC)ccc3OC)NN2)cc1. The number of carbonyl (C=O) groups is 1. The van der Waals surface area contributed by atoms with Crippen molar-refractivity contribution in [1.29, 1.82) is 0 Å². The van der Waals surface area contributed by atoms with Crippen LogP contribution in [-0.2, 0) is 4.79 Å². The van der Waals surface area contributed by atoms with E-state index in [0.29, 0.717) is 30.2 Å². The van der Waals surface area contributed by atoms with Crippen LogP contribution in [0.2, 0.25) is 0 Å². The summed E-state index contributed by atoms with van der Waals surface area (Å²) >= 11 is 0. The third kappa shape index (κ3) is 4.50. The van der Waals surface area contributed by atoms with Crippen molar-refractivity contribution >= 4 is 11.6 Å². The van der Waals surface area contributed by atoms with Crippen molar-refractivity contribution in [3.8, 4) is 17.2 Å². The van der Waals surface area contributed by atoms with Crippen LogP contribution in [0.15, 0.2) is 42.5 Å². The molecule has 0 spiro atoms. The number of rotatable bonds is 7. The lowest BCUT2D eigenvalue weighted by Gasteiger charge is -2.14. The smallest absolute Gasteiger partial charge is 0.243 e. The van der Waals surface area contributed by atoms with Gasteiger partial charge in [-0.05, 0) is 43.2 Å². The van der Waals surface area contributed by atoms with Crippen LogP contribution in [-0.4, -0.2) is 32.8 Å². The van der Waals surface area contributed by atoms with Gasteiger partial charge in [0.25, 0.3) is 0 Å². The summed E-state index contributed by atoms with van der Waals surface area (Å²) in [4.78, 5) is 12.7. The number of nitrogens with one attached hydrogen (secondary N) is 3. The molecule has 2 aromatic rings. The molecule has 2 atom stereocenters. The molecule has 144 valence electrons. The van der Waals surface area contributed by atoms with Gasteiger partial charge in [0.05, 0.1) is 26.5 Å². The van der Waals surface area contributed by atoms with Crippen molar-refractivity contribution in [2.45, 2.75) is 25.4 Å². The molecule has 3 N–H and O–H groups in total. The van der Waals surface area contributed by atoms with Gasteiger partial charge < -0.3 is 19.5 Å². The fraction of sp³-hybridized carbons (Fsp3) is 0.350. The Morgan fingerprint density at radius 2 is 1.81 bits per heavy atom. The highest BCUT2D eigenvalue weighted by atomic mass is 16.5. The zero-order chi connectivity index (χ0) is 19.2. The van der Waals surface area contributed by atoms with Gasteiger partial charge in [0.1, 0.15) is 23.3 Å². The Kier molecular flexibility index (Phi) is 6.16. The third-order valence-electron chi connectivity index (χ3n) is 4.48. The molecule has 7 heteroatoms. The second-order valence-corrected chi connectivity index (χ2v) is 6.19. The first-order valence-electron chi connectivity index (χ1n) is 8.91. The van der Waals surface area contributed by atoms with Crippen molar-refractivity contribution in [2.24, 2.45) is 0 Å². The summed E-state index contributed by atoms with van der Waals surface area (Å²) in [6, 6.07) is 12.9. The first-order valence-corrected chi connectivity index (χ1v) is 8.91. The van der Waals surface area contributed by atoms with E-state index in [2.05, 4.69) is 16.2 Å². The summed E-state index contributed by atoms with van der Waals surface area (Å²) in [7, 11) is 3.14. The van der Waals surface area contributed by atoms with Gasteiger partial charge in [0.15, 0.2) is 0 Å². The molecule has 7 nitrogen and oxygen atoms in total. The van der Waals surface area contributed by atoms with E-state index in [1.807, 2.05) is 31.2 Å². The number of ether oxygens (including phenoxy) is 3. The molecule has 1 amide bonds. The Labute approximate surface area is 159 Å². The maximum absolute atomic E-state index is 12.7. The Hall–Kier alpha value is -2.77. The number of anilines is 1. The first kappa shape index (κ1) is 19.0. The largest absolute Gasteiger partial charge is 0.497 e. The van der Waals surface area contributed by atoms with E-state index in [1.165, 1.54) is 0 Å². The van der Waals surface area contributed by atoms with Gasteiger partial charge in [-0.25, -0.2) is 10.9 Å². The van der Waals surface area contributed by atoms with E-state index >= 15 is 0 Å². The summed E-state index contributed by atoms with van der Waals surface area (Å²) in [6.45, 7) is 2.59. The summed E-state index contributed by atoms with van der Waals surface area (Å²) in [5.74, 6) is 1.93. The van der Waals surface area contributed by atoms with Crippen molar-refractivity contribution in [3.63, 3.8) is 0 Å². The second-order valence-electron chi connectivity index (χ2n) is 6.19. The minimum absolute atomic E-state index is 0.0450. The van der Waals surface area contributed by atoms with Crippen molar-refractivity contribution in [1.82, 2.24) is 10.9 Å². The highest BCUT2D eigenvalue weighted by Crippen LogP contribution is 2.30. The maximum atomic E-state index is 12.7. The summed E-state index contributed by atoms with van der Waals surface area (Å²) in [5, 5.41) is 2.91. The third-order valence-corrected chi connectivity index (χ3v) is 4.48. The number of benzene rings is 2. The van der Waals surface area contributed by atoms with Crippen molar-refractivity contribution in [3.05, 3.63) is 48.0 Å². The molecular formula is C20H25N3O4. The van der Waals surface area contributed by atoms with Crippen molar-refractivity contribution < 1.29 is 19.0 Å². The topological polar surface area (TPSA) is 80.9 Å². The van der Waals surface area contributed by atoms with Gasteiger partial charge in [-0.2, -0.15) is 0 Å². The lowest BCUT2D eigenvalue weighted by atomic mass is 10.0. The van der Waals surface area contributed by atoms with Crippen LogP contribution in [0.5, 0.6) is 17.2 Å². The molecule has 0 radical (unpaired) electrons. The highest BCUT2D eigenvalue weighted by molar-refractivity contribution is 5.96. The number of hydrazine groups is 1. The van der Waals surface area contributed by atoms with Gasteiger partial charge in [-0.3, -0.25) is 4.79 Å². The average molecular weight is 371 g/mol. The maximum Gasteiger partial charge on any atom is 0.243 e. The number of amides is 1. The number of hydrogen-bond donors (Lipinski definition) is 3. The second kappa shape index (κ2) is 8.75. The van der Waals surface area contributed by atoms with Crippen molar-refractivity contribution in [2.75, 3.05) is 26.1 Å². The molecule has 0 aliphatic carbocycles. The van der Waals surface area contributed by atoms with Gasteiger partial charge in [0, 0.05) is 12.1 Å². The molecule has 1 heterocycles. The monoisotopic (exact) mass is 371 g/mol. The Morgan fingerprint density at radius 1 is 1.07 bits per heavy atom. The van der Waals surface area contributed by atoms with Gasteiger partial charge in [-0.1, -0.05) is 12.1 Å². The van der Waals surface area contributed by atoms with Crippen LogP contribution < -0.4 is 30.4 Å². The van der Waals surface area contributed by atoms with E-state index in [4.69, 9.17) is 14.2 Å². The minimum Gasteiger partial charge on any atom is -0.497 e. The summed E-state index contributed by atoms with van der Waals surface area (Å²) < 4.78 is 16.0. The number of methoxy groups -OCH3 is 2. The standard InChI is InChI=1S/C20H25N3O4/c1-4-27-14-7-5-13(6-8-14)16-12-18(23-22-16)20(24)21-17-11-15(25-2)9-10-19(17)26-3/h5-11,16,18,22-23H,4,12H2,1-3H3,(H,21,24).